The van der Waals surface area contributed by atoms with Gasteiger partial charge < -0.3 is 5.11 Å². The van der Waals surface area contributed by atoms with E-state index >= 15 is 0 Å². The molecule has 3 heteroatoms. The van der Waals surface area contributed by atoms with Gasteiger partial charge in [0.15, 0.2) is 0 Å². The molecular formula is C14H26O2S. The van der Waals surface area contributed by atoms with Gasteiger partial charge in [-0.25, -0.2) is 0 Å². The molecule has 17 heavy (non-hydrogen) atoms. The molecule has 0 bridgehead atoms. The summed E-state index contributed by atoms with van der Waals surface area (Å²) in [5, 5.41) is 9.88. The van der Waals surface area contributed by atoms with E-state index in [1.54, 1.807) is 11.8 Å². The highest BCUT2D eigenvalue weighted by Gasteiger charge is 2.58. The highest BCUT2D eigenvalue weighted by molar-refractivity contribution is 8.02. The molecule has 1 rings (SSSR count). The van der Waals surface area contributed by atoms with Crippen molar-refractivity contribution in [2.45, 2.75) is 76.2 Å². The third-order valence-electron chi connectivity index (χ3n) is 3.73. The van der Waals surface area contributed by atoms with Crippen molar-refractivity contribution in [2.24, 2.45) is 5.41 Å². The number of rotatable bonds is 7. The maximum absolute atomic E-state index is 11.5. The molecule has 1 saturated carbocycles. The van der Waals surface area contributed by atoms with Crippen molar-refractivity contribution in [2.75, 3.05) is 0 Å². The van der Waals surface area contributed by atoms with Gasteiger partial charge in [-0.05, 0) is 31.1 Å². The van der Waals surface area contributed by atoms with Crippen LogP contribution in [0.2, 0.25) is 0 Å². The third kappa shape index (κ3) is 3.18. The van der Waals surface area contributed by atoms with Crippen LogP contribution in [0, 0.1) is 5.41 Å². The highest BCUT2D eigenvalue weighted by Crippen LogP contribution is 2.61. The molecule has 1 N–H and O–H groups in total. The van der Waals surface area contributed by atoms with Crippen LogP contribution >= 0.6 is 11.8 Å². The zero-order valence-electron chi connectivity index (χ0n) is 11.6. The van der Waals surface area contributed by atoms with Crippen LogP contribution in [0.15, 0.2) is 0 Å². The fraction of sp³-hybridized carbons (Fsp3) is 0.929. The molecule has 0 radical (unpaired) electrons. The van der Waals surface area contributed by atoms with Gasteiger partial charge in [0.1, 0.15) is 4.75 Å². The Morgan fingerprint density at radius 2 is 1.71 bits per heavy atom. The SMILES string of the molecule is CCCC1(CCC)CC(SC(C)C)(C(=O)O)C1. The van der Waals surface area contributed by atoms with Crippen molar-refractivity contribution in [1.82, 2.24) is 0 Å². The van der Waals surface area contributed by atoms with E-state index in [2.05, 4.69) is 27.7 Å². The molecule has 0 atom stereocenters. The van der Waals surface area contributed by atoms with Gasteiger partial charge >= 0.3 is 5.97 Å². The summed E-state index contributed by atoms with van der Waals surface area (Å²) >= 11 is 1.65. The number of thioether (sulfide) groups is 1. The summed E-state index contributed by atoms with van der Waals surface area (Å²) in [6, 6.07) is 0. The second-order valence-corrected chi connectivity index (χ2v) is 7.78. The summed E-state index contributed by atoms with van der Waals surface area (Å²) in [7, 11) is 0. The molecule has 100 valence electrons. The van der Waals surface area contributed by atoms with Crippen molar-refractivity contribution in [3.05, 3.63) is 0 Å². The van der Waals surface area contributed by atoms with E-state index < -0.39 is 10.7 Å². The fourth-order valence-corrected chi connectivity index (χ4v) is 5.22. The molecule has 0 aromatic rings. The molecule has 1 fully saturated rings. The van der Waals surface area contributed by atoms with E-state index in [1.807, 2.05) is 0 Å². The summed E-state index contributed by atoms with van der Waals surface area (Å²) in [4.78, 5) is 11.5. The molecule has 1 aliphatic rings. The lowest BCUT2D eigenvalue weighted by Crippen LogP contribution is -2.55. The Kier molecular flexibility index (Phi) is 4.94. The van der Waals surface area contributed by atoms with Gasteiger partial charge in [-0.3, -0.25) is 4.79 Å². The van der Waals surface area contributed by atoms with Crippen LogP contribution in [0.25, 0.3) is 0 Å². The van der Waals surface area contributed by atoms with Crippen LogP contribution in [0.3, 0.4) is 0 Å². The predicted molar refractivity (Wildman–Crippen MR) is 74.6 cm³/mol. The van der Waals surface area contributed by atoms with Gasteiger partial charge in [0.25, 0.3) is 0 Å². The third-order valence-corrected chi connectivity index (χ3v) is 5.12. The lowest BCUT2D eigenvalue weighted by molar-refractivity contribution is -0.147. The molecule has 0 aromatic heterocycles. The number of carboxylic acid groups (broad SMARTS) is 1. The first-order valence-electron chi connectivity index (χ1n) is 6.81. The zero-order chi connectivity index (χ0) is 13.1. The van der Waals surface area contributed by atoms with E-state index in [0.717, 1.165) is 12.8 Å². The van der Waals surface area contributed by atoms with Crippen molar-refractivity contribution >= 4 is 17.7 Å². The Labute approximate surface area is 110 Å². The summed E-state index contributed by atoms with van der Waals surface area (Å²) in [6.07, 6.45) is 6.47. The van der Waals surface area contributed by atoms with Crippen LogP contribution in [0.5, 0.6) is 0 Å². The molecule has 0 unspecified atom stereocenters. The molecule has 0 spiro atoms. The van der Waals surface area contributed by atoms with E-state index in [9.17, 15) is 9.90 Å². The summed E-state index contributed by atoms with van der Waals surface area (Å²) < 4.78 is -0.488. The first-order chi connectivity index (χ1) is 7.90. The van der Waals surface area contributed by atoms with E-state index in [4.69, 9.17) is 0 Å². The number of hydrogen-bond acceptors (Lipinski definition) is 2. The van der Waals surface area contributed by atoms with Crippen molar-refractivity contribution in [3.63, 3.8) is 0 Å². The fourth-order valence-electron chi connectivity index (χ4n) is 3.44. The van der Waals surface area contributed by atoms with Gasteiger partial charge in [-0.15, -0.1) is 11.8 Å². The quantitative estimate of drug-likeness (QED) is 0.738. The largest absolute Gasteiger partial charge is 0.480 e. The minimum absolute atomic E-state index is 0.323. The van der Waals surface area contributed by atoms with Crippen molar-refractivity contribution < 1.29 is 9.90 Å². The van der Waals surface area contributed by atoms with E-state index in [0.29, 0.717) is 10.7 Å². The van der Waals surface area contributed by atoms with Gasteiger partial charge in [0.2, 0.25) is 0 Å². The van der Waals surface area contributed by atoms with Gasteiger partial charge in [0, 0.05) is 5.25 Å². The van der Waals surface area contributed by atoms with Crippen molar-refractivity contribution in [3.8, 4) is 0 Å². The maximum atomic E-state index is 11.5. The Morgan fingerprint density at radius 1 is 1.24 bits per heavy atom. The standard InChI is InChI=1S/C14H26O2S/c1-5-7-13(8-6-2)9-14(10-13,12(15)16)17-11(3)4/h11H,5-10H2,1-4H3,(H,15,16). The van der Waals surface area contributed by atoms with Crippen LogP contribution in [0.4, 0.5) is 0 Å². The molecule has 1 aliphatic carbocycles. The van der Waals surface area contributed by atoms with E-state index in [1.165, 1.54) is 25.7 Å². The van der Waals surface area contributed by atoms with Crippen LogP contribution in [-0.2, 0) is 4.79 Å². The Bertz CT molecular complexity index is 259. The van der Waals surface area contributed by atoms with Crippen molar-refractivity contribution in [1.29, 1.82) is 0 Å². The number of hydrogen-bond donors (Lipinski definition) is 1. The molecule has 0 amide bonds. The summed E-state index contributed by atoms with van der Waals surface area (Å²) in [6.45, 7) is 8.59. The first kappa shape index (κ1) is 14.9. The first-order valence-corrected chi connectivity index (χ1v) is 7.69. The minimum Gasteiger partial charge on any atom is -0.480 e. The lowest BCUT2D eigenvalue weighted by Gasteiger charge is -2.54. The lowest BCUT2D eigenvalue weighted by atomic mass is 9.57. The monoisotopic (exact) mass is 258 g/mol. The Hall–Kier alpha value is -0.180. The normalized spacial score (nSPS) is 21.2. The second kappa shape index (κ2) is 5.64. The number of carboxylic acids is 1. The minimum atomic E-state index is -0.598. The van der Waals surface area contributed by atoms with Gasteiger partial charge in [-0.1, -0.05) is 40.5 Å². The predicted octanol–water partition coefficient (Wildman–Crippen LogP) is 4.33. The Morgan fingerprint density at radius 3 is 2.00 bits per heavy atom. The molecular weight excluding hydrogens is 232 g/mol. The van der Waals surface area contributed by atoms with Crippen LogP contribution in [0.1, 0.15) is 66.2 Å². The summed E-state index contributed by atoms with van der Waals surface area (Å²) in [5.41, 5.74) is 0.323. The highest BCUT2D eigenvalue weighted by atomic mass is 32.2. The summed E-state index contributed by atoms with van der Waals surface area (Å²) in [5.74, 6) is -0.598. The Balaban J connectivity index is 2.72. The topological polar surface area (TPSA) is 37.3 Å². The van der Waals surface area contributed by atoms with Crippen LogP contribution < -0.4 is 0 Å². The molecule has 0 saturated heterocycles. The van der Waals surface area contributed by atoms with Gasteiger partial charge in [0.05, 0.1) is 0 Å². The zero-order valence-corrected chi connectivity index (χ0v) is 12.4. The average molecular weight is 258 g/mol. The van der Waals surface area contributed by atoms with Crippen LogP contribution in [-0.4, -0.2) is 21.1 Å². The maximum Gasteiger partial charge on any atom is 0.319 e. The number of carbonyl (C=O) groups is 1. The van der Waals surface area contributed by atoms with Gasteiger partial charge in [-0.2, -0.15) is 0 Å². The second-order valence-electron chi connectivity index (χ2n) is 5.82. The smallest absolute Gasteiger partial charge is 0.319 e. The molecule has 0 heterocycles. The molecule has 2 nitrogen and oxygen atoms in total. The van der Waals surface area contributed by atoms with E-state index in [-0.39, 0.29) is 0 Å². The molecule has 0 aliphatic heterocycles. The number of aliphatic carboxylic acids is 1. The average Bonchev–Trinajstić information content (AvgIpc) is 2.14. The molecule has 0 aromatic carbocycles.